The number of rotatable bonds is 0. The van der Waals surface area contributed by atoms with Crippen LogP contribution < -0.4 is 0 Å². The van der Waals surface area contributed by atoms with Crippen LogP contribution in [0.3, 0.4) is 0 Å². The largest absolute Gasteiger partial charge is 0.508 e. The summed E-state index contributed by atoms with van der Waals surface area (Å²) in [6, 6.07) is 5.36. The second-order valence-electron chi connectivity index (χ2n) is 2.27. The molecule has 1 rings (SSSR count). The van der Waals surface area contributed by atoms with Crippen molar-refractivity contribution in [3.8, 4) is 5.75 Å². The minimum atomic E-state index is 0. The number of benzene rings is 1. The van der Waals surface area contributed by atoms with Crippen LogP contribution in [-0.2, 0) is 0 Å². The van der Waals surface area contributed by atoms with E-state index in [4.69, 9.17) is 5.11 Å². The van der Waals surface area contributed by atoms with E-state index in [1.807, 2.05) is 19.9 Å². The Hall–Kier alpha value is -0.690. The lowest BCUT2D eigenvalue weighted by molar-refractivity contribution is 0.474. The molecule has 0 aliphatic carbocycles. The van der Waals surface area contributed by atoms with E-state index in [1.165, 1.54) is 5.56 Å². The minimum Gasteiger partial charge on any atom is -0.508 e. The molecule has 56 valence electrons. The van der Waals surface area contributed by atoms with Gasteiger partial charge in [-0.1, -0.05) is 6.07 Å². The van der Waals surface area contributed by atoms with Gasteiger partial charge in [-0.25, -0.2) is 0 Å². The minimum absolute atomic E-state index is 0. The molecule has 0 aliphatic heterocycles. The summed E-state index contributed by atoms with van der Waals surface area (Å²) in [5, 5.41) is 8.94. The Kier molecular flexibility index (Phi) is 3.23. The second kappa shape index (κ2) is 3.47. The molecule has 1 nitrogen and oxygen atoms in total. The molecule has 0 bridgehead atoms. The van der Waals surface area contributed by atoms with E-state index in [1.54, 1.807) is 12.1 Å². The predicted molar refractivity (Wildman–Crippen MR) is 44.8 cm³/mol. The maximum atomic E-state index is 8.94. The number of phenols is 1. The summed E-state index contributed by atoms with van der Waals surface area (Å²) in [6.45, 7) is 4.00. The molecule has 0 saturated carbocycles. The molecule has 0 spiro atoms. The van der Waals surface area contributed by atoms with Crippen LogP contribution in [0, 0.1) is 13.8 Å². The molecule has 0 unspecified atom stereocenters. The Labute approximate surface area is 67.1 Å². The van der Waals surface area contributed by atoms with Gasteiger partial charge < -0.3 is 5.11 Å². The SMILES string of the molecule is Cc1ccc(O)cc1C.Cl. The lowest BCUT2D eigenvalue weighted by atomic mass is 10.1. The molecule has 1 aromatic carbocycles. The van der Waals surface area contributed by atoms with Crippen LogP contribution in [0.4, 0.5) is 0 Å². The lowest BCUT2D eigenvalue weighted by Crippen LogP contribution is -1.76. The highest BCUT2D eigenvalue weighted by atomic mass is 35.5. The molecule has 0 atom stereocenters. The molecule has 0 saturated heterocycles. The molecular formula is C8H11ClO. The van der Waals surface area contributed by atoms with Crippen LogP contribution in [0.15, 0.2) is 18.2 Å². The standard InChI is InChI=1S/C8H10O.ClH/c1-6-3-4-8(9)5-7(6)2;/h3-5,9H,1-2H3;1H. The van der Waals surface area contributed by atoms with E-state index < -0.39 is 0 Å². The van der Waals surface area contributed by atoms with E-state index in [0.717, 1.165) is 5.56 Å². The van der Waals surface area contributed by atoms with Crippen molar-refractivity contribution in [2.24, 2.45) is 0 Å². The Bertz CT molecular complexity index is 220. The van der Waals surface area contributed by atoms with Crippen molar-refractivity contribution < 1.29 is 5.11 Å². The molecule has 10 heavy (non-hydrogen) atoms. The number of aryl methyl sites for hydroxylation is 2. The zero-order valence-electron chi connectivity index (χ0n) is 6.09. The van der Waals surface area contributed by atoms with Crippen LogP contribution in [0.1, 0.15) is 11.1 Å². The molecule has 0 fully saturated rings. The Morgan fingerprint density at radius 1 is 1.10 bits per heavy atom. The van der Waals surface area contributed by atoms with Gasteiger partial charge in [0.1, 0.15) is 5.75 Å². The number of hydrogen-bond donors (Lipinski definition) is 1. The molecule has 1 aromatic rings. The maximum absolute atomic E-state index is 8.94. The third-order valence-corrected chi connectivity index (χ3v) is 1.49. The van der Waals surface area contributed by atoms with Crippen LogP contribution in [0.5, 0.6) is 5.75 Å². The highest BCUT2D eigenvalue weighted by Gasteiger charge is 1.90. The third-order valence-electron chi connectivity index (χ3n) is 1.49. The van der Waals surface area contributed by atoms with Crippen LogP contribution >= 0.6 is 12.4 Å². The van der Waals surface area contributed by atoms with Gasteiger partial charge in [-0.3, -0.25) is 0 Å². The predicted octanol–water partition coefficient (Wildman–Crippen LogP) is 2.43. The average molecular weight is 159 g/mol. The van der Waals surface area contributed by atoms with Crippen molar-refractivity contribution in [3.63, 3.8) is 0 Å². The first-order valence-electron chi connectivity index (χ1n) is 2.96. The Balaban J connectivity index is 0.000000810. The van der Waals surface area contributed by atoms with Crippen molar-refractivity contribution in [2.45, 2.75) is 13.8 Å². The molecule has 0 radical (unpaired) electrons. The van der Waals surface area contributed by atoms with Gasteiger partial charge in [-0.2, -0.15) is 0 Å². The zero-order chi connectivity index (χ0) is 6.85. The first-order valence-corrected chi connectivity index (χ1v) is 2.96. The molecule has 0 aromatic heterocycles. The van der Waals surface area contributed by atoms with Crippen molar-refractivity contribution in [1.82, 2.24) is 0 Å². The summed E-state index contributed by atoms with van der Waals surface area (Å²) >= 11 is 0. The Morgan fingerprint density at radius 2 is 1.70 bits per heavy atom. The summed E-state index contributed by atoms with van der Waals surface area (Å²) in [7, 11) is 0. The fourth-order valence-electron chi connectivity index (χ4n) is 0.726. The Morgan fingerprint density at radius 3 is 2.10 bits per heavy atom. The summed E-state index contributed by atoms with van der Waals surface area (Å²) in [5.74, 6) is 0.345. The smallest absolute Gasteiger partial charge is 0.115 e. The summed E-state index contributed by atoms with van der Waals surface area (Å²) in [6.07, 6.45) is 0. The normalized spacial score (nSPS) is 8.60. The lowest BCUT2D eigenvalue weighted by Gasteiger charge is -1.97. The highest BCUT2D eigenvalue weighted by Crippen LogP contribution is 2.13. The van der Waals surface area contributed by atoms with E-state index in [2.05, 4.69) is 0 Å². The van der Waals surface area contributed by atoms with Crippen molar-refractivity contribution in [1.29, 1.82) is 0 Å². The first-order chi connectivity index (χ1) is 4.20. The van der Waals surface area contributed by atoms with Gasteiger partial charge in [0, 0.05) is 0 Å². The van der Waals surface area contributed by atoms with Crippen LogP contribution in [-0.4, -0.2) is 5.11 Å². The van der Waals surface area contributed by atoms with Gasteiger partial charge in [-0.15, -0.1) is 12.4 Å². The quantitative estimate of drug-likeness (QED) is 0.615. The molecule has 1 N–H and O–H groups in total. The summed E-state index contributed by atoms with van der Waals surface area (Å²) in [5.41, 5.74) is 2.35. The van der Waals surface area contributed by atoms with E-state index >= 15 is 0 Å². The van der Waals surface area contributed by atoms with Gasteiger partial charge in [0.25, 0.3) is 0 Å². The monoisotopic (exact) mass is 158 g/mol. The highest BCUT2D eigenvalue weighted by molar-refractivity contribution is 5.85. The van der Waals surface area contributed by atoms with Crippen molar-refractivity contribution in [3.05, 3.63) is 29.3 Å². The zero-order valence-corrected chi connectivity index (χ0v) is 6.90. The number of aromatic hydroxyl groups is 1. The third kappa shape index (κ3) is 1.92. The fraction of sp³-hybridized carbons (Fsp3) is 0.250. The van der Waals surface area contributed by atoms with E-state index in [0.29, 0.717) is 5.75 Å². The van der Waals surface area contributed by atoms with Crippen molar-refractivity contribution >= 4 is 12.4 Å². The second-order valence-corrected chi connectivity index (χ2v) is 2.27. The van der Waals surface area contributed by atoms with Crippen molar-refractivity contribution in [2.75, 3.05) is 0 Å². The summed E-state index contributed by atoms with van der Waals surface area (Å²) in [4.78, 5) is 0. The van der Waals surface area contributed by atoms with Crippen LogP contribution in [0.25, 0.3) is 0 Å². The van der Waals surface area contributed by atoms with E-state index in [-0.39, 0.29) is 12.4 Å². The van der Waals surface area contributed by atoms with Gasteiger partial charge in [0.15, 0.2) is 0 Å². The summed E-state index contributed by atoms with van der Waals surface area (Å²) < 4.78 is 0. The molecule has 2 heteroatoms. The molecule has 0 aliphatic rings. The molecule has 0 amide bonds. The molecular weight excluding hydrogens is 148 g/mol. The maximum Gasteiger partial charge on any atom is 0.115 e. The molecule has 0 heterocycles. The van der Waals surface area contributed by atoms with Gasteiger partial charge in [0.2, 0.25) is 0 Å². The van der Waals surface area contributed by atoms with E-state index in [9.17, 15) is 0 Å². The van der Waals surface area contributed by atoms with Crippen LogP contribution in [0.2, 0.25) is 0 Å². The fourth-order valence-corrected chi connectivity index (χ4v) is 0.726. The first kappa shape index (κ1) is 9.31. The van der Waals surface area contributed by atoms with Gasteiger partial charge >= 0.3 is 0 Å². The number of phenolic OH excluding ortho intramolecular Hbond substituents is 1. The number of hydrogen-bond acceptors (Lipinski definition) is 1. The van der Waals surface area contributed by atoms with Gasteiger partial charge in [-0.05, 0) is 37.1 Å². The number of halogens is 1. The van der Waals surface area contributed by atoms with Gasteiger partial charge in [0.05, 0.1) is 0 Å². The topological polar surface area (TPSA) is 20.2 Å². The average Bonchev–Trinajstić information content (AvgIpc) is 1.80.